The molecule has 0 spiro atoms. The molecule has 0 aliphatic heterocycles. The van der Waals surface area contributed by atoms with Crippen LogP contribution in [0.15, 0.2) is 54.6 Å². The molecule has 1 aliphatic carbocycles. The number of hydrogen-bond donors (Lipinski definition) is 0. The van der Waals surface area contributed by atoms with E-state index in [4.69, 9.17) is 4.18 Å². The van der Waals surface area contributed by atoms with Crippen LogP contribution in [-0.2, 0) is 27.9 Å². The summed E-state index contributed by atoms with van der Waals surface area (Å²) < 4.78 is 28.1. The van der Waals surface area contributed by atoms with Crippen molar-refractivity contribution >= 4 is 16.0 Å². The summed E-state index contributed by atoms with van der Waals surface area (Å²) in [7, 11) is -3.52. The van der Waals surface area contributed by atoms with E-state index in [0.29, 0.717) is 24.8 Å². The van der Waals surface area contributed by atoms with E-state index in [-0.39, 0.29) is 11.7 Å². The number of carbonyl (C=O) groups is 1. The highest BCUT2D eigenvalue weighted by atomic mass is 32.2. The summed E-state index contributed by atoms with van der Waals surface area (Å²) in [5.41, 5.74) is 2.14. The van der Waals surface area contributed by atoms with Gasteiger partial charge in [0.15, 0.2) is 0 Å². The van der Waals surface area contributed by atoms with Crippen LogP contribution in [0.2, 0.25) is 0 Å². The van der Waals surface area contributed by atoms with Gasteiger partial charge >= 0.3 is 10.1 Å². The summed E-state index contributed by atoms with van der Waals surface area (Å²) in [5, 5.41) is 0. The predicted octanol–water partition coefficient (Wildman–Crippen LogP) is 3.54. The lowest BCUT2D eigenvalue weighted by Gasteiger charge is -2.23. The molecule has 1 fully saturated rings. The zero-order valence-electron chi connectivity index (χ0n) is 15.5. The Hall–Kier alpha value is -2.34. The van der Waals surface area contributed by atoms with Crippen LogP contribution in [0.3, 0.4) is 0 Å². The fraction of sp³-hybridized carbons (Fsp3) is 0.381. The molecule has 0 aromatic heterocycles. The first-order valence-corrected chi connectivity index (χ1v) is 10.9. The summed E-state index contributed by atoms with van der Waals surface area (Å²) in [6.45, 7) is 2.08. The van der Waals surface area contributed by atoms with E-state index in [2.05, 4.69) is 0 Å². The molecule has 0 unspecified atom stereocenters. The summed E-state index contributed by atoms with van der Waals surface area (Å²) in [6, 6.07) is 17.3. The number of carbonyl (C=O) groups excluding carboxylic acids is 1. The van der Waals surface area contributed by atoms with Crippen LogP contribution in [0.5, 0.6) is 5.75 Å². The molecule has 27 heavy (non-hydrogen) atoms. The summed E-state index contributed by atoms with van der Waals surface area (Å²) in [5.74, 6) is 0.393. The summed E-state index contributed by atoms with van der Waals surface area (Å²) in [4.78, 5) is 14.7. The molecule has 0 heterocycles. The van der Waals surface area contributed by atoms with Crippen molar-refractivity contribution in [2.75, 3.05) is 5.75 Å². The molecule has 1 amide bonds. The quantitative estimate of drug-likeness (QED) is 0.618. The van der Waals surface area contributed by atoms with Crippen LogP contribution in [0.4, 0.5) is 0 Å². The maximum Gasteiger partial charge on any atom is 0.308 e. The van der Waals surface area contributed by atoms with Gasteiger partial charge in [-0.2, -0.15) is 8.42 Å². The monoisotopic (exact) mass is 387 g/mol. The second-order valence-corrected chi connectivity index (χ2v) is 8.67. The average Bonchev–Trinajstić information content (AvgIpc) is 3.51. The predicted molar refractivity (Wildman–Crippen MR) is 105 cm³/mol. The third-order valence-corrected chi connectivity index (χ3v) is 5.78. The number of hydrogen-bond acceptors (Lipinski definition) is 4. The molecule has 3 rings (SSSR count). The smallest absolute Gasteiger partial charge is 0.308 e. The fourth-order valence-corrected chi connectivity index (χ4v) is 3.42. The van der Waals surface area contributed by atoms with E-state index in [1.54, 1.807) is 12.1 Å². The lowest BCUT2D eigenvalue weighted by atomic mass is 10.1. The minimum atomic E-state index is -3.52. The van der Waals surface area contributed by atoms with E-state index in [1.807, 2.05) is 47.4 Å². The van der Waals surface area contributed by atoms with Crippen LogP contribution in [-0.4, -0.2) is 31.0 Å². The molecule has 6 heteroatoms. The van der Waals surface area contributed by atoms with Gasteiger partial charge < -0.3 is 9.08 Å². The Morgan fingerprint density at radius 2 is 1.70 bits per heavy atom. The molecule has 0 saturated heterocycles. The van der Waals surface area contributed by atoms with Gasteiger partial charge in [0.05, 0.1) is 5.75 Å². The third-order valence-electron chi connectivity index (χ3n) is 4.63. The van der Waals surface area contributed by atoms with E-state index < -0.39 is 10.1 Å². The lowest BCUT2D eigenvalue weighted by molar-refractivity contribution is -0.132. The Morgan fingerprint density at radius 1 is 1.04 bits per heavy atom. The summed E-state index contributed by atoms with van der Waals surface area (Å²) >= 11 is 0. The van der Waals surface area contributed by atoms with Gasteiger partial charge in [0.2, 0.25) is 5.91 Å². The largest absolute Gasteiger partial charge is 0.382 e. The van der Waals surface area contributed by atoms with Crippen LogP contribution >= 0.6 is 0 Å². The number of aryl methyl sites for hydroxylation is 1. The molecule has 5 nitrogen and oxygen atoms in total. The van der Waals surface area contributed by atoms with Crippen molar-refractivity contribution in [2.24, 2.45) is 0 Å². The maximum absolute atomic E-state index is 12.7. The Bertz CT molecular complexity index is 859. The molecule has 2 aromatic rings. The van der Waals surface area contributed by atoms with Gasteiger partial charge in [-0.25, -0.2) is 0 Å². The molecular formula is C21H25NO4S. The normalized spacial score (nSPS) is 14.0. The van der Waals surface area contributed by atoms with E-state index in [0.717, 1.165) is 24.8 Å². The topological polar surface area (TPSA) is 63.7 Å². The molecule has 2 aromatic carbocycles. The van der Waals surface area contributed by atoms with Gasteiger partial charge in [0, 0.05) is 19.0 Å². The van der Waals surface area contributed by atoms with Gasteiger partial charge in [-0.15, -0.1) is 0 Å². The van der Waals surface area contributed by atoms with Gasteiger partial charge in [-0.3, -0.25) is 4.79 Å². The maximum atomic E-state index is 12.7. The Labute approximate surface area is 161 Å². The molecule has 1 saturated carbocycles. The standard InChI is InChI=1S/C21H25NO4S/c1-2-27(24,25)26-20-13-8-18(9-14-20)16-22(19-11-12-19)21(23)15-10-17-6-4-3-5-7-17/h3-9,13-14,19H,2,10-12,15-16H2,1H3. The first-order chi connectivity index (χ1) is 13.0. The molecule has 0 atom stereocenters. The van der Waals surface area contributed by atoms with Gasteiger partial charge in [-0.1, -0.05) is 42.5 Å². The van der Waals surface area contributed by atoms with Crippen molar-refractivity contribution in [3.8, 4) is 5.75 Å². The van der Waals surface area contributed by atoms with Crippen molar-refractivity contribution in [1.29, 1.82) is 0 Å². The highest BCUT2D eigenvalue weighted by Crippen LogP contribution is 2.29. The lowest BCUT2D eigenvalue weighted by Crippen LogP contribution is -2.32. The van der Waals surface area contributed by atoms with Crippen molar-refractivity contribution in [3.63, 3.8) is 0 Å². The van der Waals surface area contributed by atoms with Crippen LogP contribution in [0, 0.1) is 0 Å². The van der Waals surface area contributed by atoms with Crippen molar-refractivity contribution < 1.29 is 17.4 Å². The number of rotatable bonds is 9. The molecular weight excluding hydrogens is 362 g/mol. The zero-order chi connectivity index (χ0) is 19.3. The van der Waals surface area contributed by atoms with Crippen LogP contribution in [0.25, 0.3) is 0 Å². The second-order valence-electron chi connectivity index (χ2n) is 6.81. The first-order valence-electron chi connectivity index (χ1n) is 9.31. The van der Waals surface area contributed by atoms with Crippen molar-refractivity contribution in [3.05, 3.63) is 65.7 Å². The minimum Gasteiger partial charge on any atom is -0.382 e. The van der Waals surface area contributed by atoms with E-state index >= 15 is 0 Å². The molecule has 0 radical (unpaired) electrons. The highest BCUT2D eigenvalue weighted by molar-refractivity contribution is 7.87. The Morgan fingerprint density at radius 3 is 2.30 bits per heavy atom. The number of amides is 1. The van der Waals surface area contributed by atoms with Gasteiger partial charge in [0.25, 0.3) is 0 Å². The van der Waals surface area contributed by atoms with Gasteiger partial charge in [-0.05, 0) is 49.4 Å². The number of benzene rings is 2. The molecule has 144 valence electrons. The molecule has 0 N–H and O–H groups in total. The Kier molecular flexibility index (Phi) is 6.16. The SMILES string of the molecule is CCS(=O)(=O)Oc1ccc(CN(C(=O)CCc2ccccc2)C2CC2)cc1. The minimum absolute atomic E-state index is 0.0693. The number of nitrogens with zero attached hydrogens (tertiary/aromatic N) is 1. The average molecular weight is 388 g/mol. The highest BCUT2D eigenvalue weighted by Gasteiger charge is 2.32. The van der Waals surface area contributed by atoms with Crippen molar-refractivity contribution in [2.45, 2.75) is 45.2 Å². The Balaban J connectivity index is 1.60. The fourth-order valence-electron chi connectivity index (χ4n) is 2.90. The molecule has 1 aliphatic rings. The third kappa shape index (κ3) is 5.82. The van der Waals surface area contributed by atoms with E-state index in [1.165, 1.54) is 12.5 Å². The second kappa shape index (κ2) is 8.57. The zero-order valence-corrected chi connectivity index (χ0v) is 16.3. The molecule has 0 bridgehead atoms. The van der Waals surface area contributed by atoms with E-state index in [9.17, 15) is 13.2 Å². The first kappa shape index (κ1) is 19.4. The van der Waals surface area contributed by atoms with Gasteiger partial charge in [0.1, 0.15) is 5.75 Å². The van der Waals surface area contributed by atoms with Crippen LogP contribution in [0.1, 0.15) is 37.3 Å². The van der Waals surface area contributed by atoms with Crippen molar-refractivity contribution in [1.82, 2.24) is 4.90 Å². The summed E-state index contributed by atoms with van der Waals surface area (Å²) in [6.07, 6.45) is 3.33. The van der Waals surface area contributed by atoms with Crippen LogP contribution < -0.4 is 4.18 Å².